The maximum Gasteiger partial charge on any atom is 0.143 e. The molecule has 312 valence electrons. The van der Waals surface area contributed by atoms with Crippen molar-refractivity contribution in [2.75, 3.05) is 0 Å². The highest BCUT2D eigenvalue weighted by molar-refractivity contribution is 6.94. The van der Waals surface area contributed by atoms with E-state index in [1.54, 1.807) is 16.3 Å². The first-order valence-electron chi connectivity index (χ1n) is 23.3. The van der Waals surface area contributed by atoms with Crippen molar-refractivity contribution < 1.29 is 4.42 Å². The molecule has 1 aliphatic heterocycles. The topological polar surface area (TPSA) is 13.1 Å². The molecular weight excluding hydrogens is 801 g/mol. The molecule has 11 aromatic rings. The summed E-state index contributed by atoms with van der Waals surface area (Å²) >= 11 is 0. The van der Waals surface area contributed by atoms with Gasteiger partial charge < -0.3 is 4.42 Å². The van der Waals surface area contributed by atoms with E-state index in [0.717, 1.165) is 27.5 Å². The van der Waals surface area contributed by atoms with Gasteiger partial charge >= 0.3 is 0 Å². The molecule has 10 aromatic carbocycles. The molecule has 2 heterocycles. The average molecular weight is 851 g/mol. The molecule has 0 unspecified atom stereocenters. The summed E-state index contributed by atoms with van der Waals surface area (Å²) in [4.78, 5) is 0. The van der Waals surface area contributed by atoms with E-state index in [0.29, 0.717) is 0 Å². The van der Waals surface area contributed by atoms with Crippen LogP contribution in [-0.4, -0.2) is 8.07 Å². The number of furan rings is 1. The number of para-hydroxylation sites is 1. The van der Waals surface area contributed by atoms with Gasteiger partial charge in [-0.3, -0.25) is 0 Å². The fraction of sp³-hybridized carbons (Fsp3) is 0.143. The van der Waals surface area contributed by atoms with E-state index >= 15 is 0 Å². The van der Waals surface area contributed by atoms with Crippen molar-refractivity contribution in [3.05, 3.63) is 210 Å². The Morgan fingerprint density at radius 3 is 1.58 bits per heavy atom. The van der Waals surface area contributed by atoms with Gasteiger partial charge in [0.05, 0.1) is 0 Å². The summed E-state index contributed by atoms with van der Waals surface area (Å²) in [6.07, 6.45) is 0. The van der Waals surface area contributed by atoms with Gasteiger partial charge in [0, 0.05) is 21.8 Å². The van der Waals surface area contributed by atoms with E-state index in [1.807, 2.05) is 0 Å². The summed E-state index contributed by atoms with van der Waals surface area (Å²) in [5.74, 6) is 0. The van der Waals surface area contributed by atoms with Crippen LogP contribution in [0.3, 0.4) is 0 Å². The van der Waals surface area contributed by atoms with Gasteiger partial charge in [-0.05, 0) is 147 Å². The number of hydrogen-bond donors (Lipinski definition) is 0. The number of rotatable bonds is 4. The quantitative estimate of drug-likeness (QED) is 0.127. The van der Waals surface area contributed by atoms with Crippen LogP contribution in [0.2, 0.25) is 5.04 Å². The maximum absolute atomic E-state index is 6.83. The van der Waals surface area contributed by atoms with Crippen LogP contribution in [0.4, 0.5) is 0 Å². The fourth-order valence-corrected chi connectivity index (χ4v) is 17.5. The van der Waals surface area contributed by atoms with E-state index in [2.05, 4.69) is 223 Å². The Morgan fingerprint density at radius 2 is 0.954 bits per heavy atom. The predicted octanol–water partition coefficient (Wildman–Crippen LogP) is 16.7. The first kappa shape index (κ1) is 38.5. The van der Waals surface area contributed by atoms with E-state index < -0.39 is 8.07 Å². The van der Waals surface area contributed by atoms with Crippen LogP contribution in [0.25, 0.3) is 98.8 Å². The molecule has 0 saturated carbocycles. The number of benzene rings is 10. The lowest BCUT2D eigenvalue weighted by molar-refractivity contribution is 0.661. The van der Waals surface area contributed by atoms with Crippen LogP contribution in [-0.2, 0) is 17.5 Å². The van der Waals surface area contributed by atoms with Crippen molar-refractivity contribution >= 4 is 67.5 Å². The lowest BCUT2D eigenvalue weighted by atomic mass is 9.80. The van der Waals surface area contributed by atoms with Crippen LogP contribution < -0.4 is 5.19 Å². The first-order valence-corrected chi connectivity index (χ1v) is 25.7. The molecule has 1 aliphatic carbocycles. The van der Waals surface area contributed by atoms with Crippen molar-refractivity contribution in [1.82, 2.24) is 0 Å². The third-order valence-electron chi connectivity index (χ3n) is 15.8. The zero-order valence-electron chi connectivity index (χ0n) is 37.7. The van der Waals surface area contributed by atoms with Gasteiger partial charge in [-0.1, -0.05) is 191 Å². The molecule has 0 amide bonds. The summed E-state index contributed by atoms with van der Waals surface area (Å²) < 4.78 is 6.83. The molecule has 0 spiro atoms. The van der Waals surface area contributed by atoms with Crippen molar-refractivity contribution in [3.63, 3.8) is 0 Å². The summed E-state index contributed by atoms with van der Waals surface area (Å²) in [5, 5.41) is 11.7. The van der Waals surface area contributed by atoms with Gasteiger partial charge in [0.25, 0.3) is 0 Å². The Labute approximate surface area is 382 Å². The molecule has 0 radical (unpaired) electrons. The third kappa shape index (κ3) is 5.57. The number of hydrogen-bond acceptors (Lipinski definition) is 1. The van der Waals surface area contributed by atoms with E-state index in [9.17, 15) is 0 Å². The van der Waals surface area contributed by atoms with Crippen molar-refractivity contribution in [2.45, 2.75) is 57.2 Å². The molecule has 2 aliphatic rings. The Hall–Kier alpha value is -7.00. The Bertz CT molecular complexity index is 3700. The Morgan fingerprint density at radius 1 is 0.431 bits per heavy atom. The van der Waals surface area contributed by atoms with Gasteiger partial charge in [-0.25, -0.2) is 0 Å². The summed E-state index contributed by atoms with van der Waals surface area (Å²) in [7, 11) is -1.94. The van der Waals surface area contributed by atoms with Crippen LogP contribution in [0.1, 0.15) is 56.9 Å². The van der Waals surface area contributed by atoms with Gasteiger partial charge in [-0.2, -0.15) is 0 Å². The van der Waals surface area contributed by atoms with Gasteiger partial charge in [0.2, 0.25) is 0 Å². The molecule has 1 nitrogen and oxygen atoms in total. The van der Waals surface area contributed by atoms with Crippen molar-refractivity contribution in [1.29, 1.82) is 0 Å². The minimum atomic E-state index is -1.94. The van der Waals surface area contributed by atoms with Crippen molar-refractivity contribution in [3.8, 4) is 44.5 Å². The van der Waals surface area contributed by atoms with E-state index in [1.165, 1.54) is 94.5 Å². The van der Waals surface area contributed by atoms with Crippen LogP contribution >= 0.6 is 0 Å². The molecule has 0 atom stereocenters. The van der Waals surface area contributed by atoms with E-state index in [4.69, 9.17) is 4.42 Å². The Balaban J connectivity index is 1.01. The highest BCUT2D eigenvalue weighted by Gasteiger charge is 2.49. The van der Waals surface area contributed by atoms with Crippen LogP contribution in [0.15, 0.2) is 192 Å². The lowest BCUT2D eigenvalue weighted by Gasteiger charge is -2.40. The minimum Gasteiger partial charge on any atom is -0.455 e. The number of fused-ring (bicyclic) bond motifs is 10. The SMILES string of the molecule is CC1(C)c2cc(-c3c4ccccc4c(-c4cc(-c5ccc([Si]6(C(C)(C)C)Cc7ccccc7C6)cc5)c5oc6ccccc6c5c4)c4ccccc34)ccc2-c2cc3ccccc3cc21. The highest BCUT2D eigenvalue weighted by atomic mass is 28.3. The monoisotopic (exact) mass is 850 g/mol. The second-order valence-corrected chi connectivity index (χ2v) is 25.5. The smallest absolute Gasteiger partial charge is 0.143 e. The molecule has 0 saturated heterocycles. The van der Waals surface area contributed by atoms with Crippen molar-refractivity contribution in [2.24, 2.45) is 0 Å². The standard InChI is InChI=1S/C63H50OSi/c1-62(2,3)65(37-43-18-8-9-19-44(43)38-65)46-29-26-39(27-30-46)53-33-45(34-55-48-20-14-15-25-58(48)64-61(53)55)60-51-23-12-10-21-49(51)59(50-22-11-13-24-52(50)60)42-28-31-47-54-32-40-16-6-7-17-41(40)35-57(54)63(4,5)56(47)36-42/h6-36H,37-38H2,1-5H3. The molecule has 13 rings (SSSR count). The molecular formula is C63H50OSi. The second-order valence-electron chi connectivity index (χ2n) is 20.5. The average Bonchev–Trinajstić information content (AvgIpc) is 3.98. The third-order valence-corrected chi connectivity index (χ3v) is 22.1. The predicted molar refractivity (Wildman–Crippen MR) is 279 cm³/mol. The van der Waals surface area contributed by atoms with Gasteiger partial charge in [0.1, 0.15) is 19.2 Å². The fourth-order valence-electron chi connectivity index (χ4n) is 12.3. The zero-order chi connectivity index (χ0) is 43.8. The normalized spacial score (nSPS) is 15.0. The summed E-state index contributed by atoms with van der Waals surface area (Å²) in [6.45, 7) is 12.2. The molecule has 65 heavy (non-hydrogen) atoms. The summed E-state index contributed by atoms with van der Waals surface area (Å²) in [5.41, 5.74) is 17.6. The van der Waals surface area contributed by atoms with Crippen LogP contribution in [0.5, 0.6) is 0 Å². The Kier molecular flexibility index (Phi) is 8.14. The zero-order valence-corrected chi connectivity index (χ0v) is 38.7. The molecule has 0 fully saturated rings. The maximum atomic E-state index is 6.83. The molecule has 0 N–H and O–H groups in total. The largest absolute Gasteiger partial charge is 0.455 e. The van der Waals surface area contributed by atoms with Crippen LogP contribution in [0, 0.1) is 0 Å². The lowest BCUT2D eigenvalue weighted by Crippen LogP contribution is -2.56. The highest BCUT2D eigenvalue weighted by Crippen LogP contribution is 2.53. The van der Waals surface area contributed by atoms with E-state index in [-0.39, 0.29) is 10.5 Å². The van der Waals surface area contributed by atoms with Gasteiger partial charge in [-0.15, -0.1) is 0 Å². The summed E-state index contributed by atoms with van der Waals surface area (Å²) in [6, 6.07) is 73.6. The molecule has 0 bridgehead atoms. The van der Waals surface area contributed by atoms with Gasteiger partial charge in [0.15, 0.2) is 0 Å². The first-order chi connectivity index (χ1) is 31.6. The second kappa shape index (κ2) is 13.8. The molecule has 1 aromatic heterocycles. The molecule has 2 heteroatoms. The minimum absolute atomic E-state index is 0.134.